The maximum Gasteiger partial charge on any atom is 0.508 e. The van der Waals surface area contributed by atoms with Gasteiger partial charge in [-0.3, -0.25) is 14.4 Å². The minimum absolute atomic E-state index is 0.00471. The maximum absolute atomic E-state index is 11.5. The van der Waals surface area contributed by atoms with Crippen LogP contribution in [0.2, 0.25) is 0 Å². The first-order valence-corrected chi connectivity index (χ1v) is 8.87. The number of hydrogen-bond acceptors (Lipinski definition) is 9. The van der Waals surface area contributed by atoms with E-state index in [4.69, 9.17) is 24.7 Å². The predicted molar refractivity (Wildman–Crippen MR) is 99.6 cm³/mol. The molecule has 0 aromatic heterocycles. The molecule has 0 fully saturated rings. The van der Waals surface area contributed by atoms with E-state index in [9.17, 15) is 24.3 Å². The summed E-state index contributed by atoms with van der Waals surface area (Å²) in [6.45, 7) is 5.67. The first-order valence-electron chi connectivity index (χ1n) is 8.87. The smallest absolute Gasteiger partial charge is 0.480 e. The molecule has 0 bridgehead atoms. The van der Waals surface area contributed by atoms with Crippen molar-refractivity contribution in [2.24, 2.45) is 5.73 Å². The van der Waals surface area contributed by atoms with E-state index in [1.54, 1.807) is 13.8 Å². The van der Waals surface area contributed by atoms with E-state index in [1.165, 1.54) is 32.0 Å². The van der Waals surface area contributed by atoms with E-state index in [0.29, 0.717) is 5.56 Å². The summed E-state index contributed by atoms with van der Waals surface area (Å²) in [5, 5.41) is 9.37. The van der Waals surface area contributed by atoms with Crippen molar-refractivity contribution in [2.75, 3.05) is 6.61 Å². The van der Waals surface area contributed by atoms with E-state index in [2.05, 4.69) is 0 Å². The predicted octanol–water partition coefficient (Wildman–Crippen LogP) is 1.98. The molecule has 1 aromatic rings. The quantitative estimate of drug-likeness (QED) is 0.456. The molecule has 0 saturated heterocycles. The molecule has 1 rings (SSSR count). The van der Waals surface area contributed by atoms with Gasteiger partial charge in [-0.2, -0.15) is 0 Å². The Kier molecular flexibility index (Phi) is 9.07. The molecule has 0 aliphatic rings. The van der Waals surface area contributed by atoms with E-state index < -0.39 is 42.1 Å². The minimum Gasteiger partial charge on any atom is -0.480 e. The highest BCUT2D eigenvalue weighted by Gasteiger charge is 2.30. The minimum atomic E-state index is -1.34. The topological polar surface area (TPSA) is 151 Å². The molecule has 29 heavy (non-hydrogen) atoms. The highest BCUT2D eigenvalue weighted by atomic mass is 16.7. The monoisotopic (exact) mass is 411 g/mol. The van der Waals surface area contributed by atoms with E-state index in [-0.39, 0.29) is 24.5 Å². The van der Waals surface area contributed by atoms with Gasteiger partial charge in [0.25, 0.3) is 0 Å². The van der Waals surface area contributed by atoms with Gasteiger partial charge in [0.05, 0.1) is 6.61 Å². The second kappa shape index (κ2) is 11.0. The van der Waals surface area contributed by atoms with Crippen LogP contribution in [0.1, 0.15) is 45.6 Å². The van der Waals surface area contributed by atoms with Crippen molar-refractivity contribution in [1.29, 1.82) is 0 Å². The number of rotatable bonds is 9. The van der Waals surface area contributed by atoms with Crippen LogP contribution in [0.5, 0.6) is 11.5 Å². The van der Waals surface area contributed by atoms with Crippen LogP contribution < -0.4 is 15.2 Å². The molecule has 10 nitrogen and oxygen atoms in total. The standard InChI is InChI=1S/C19H25NO9/c1-5-26-19(25)27-10(2)8-14(17(20)18(23)24)13-6-7-15(28-11(3)21)16(9-13)29-12(4)22/h6-7,9-10,14,17H,5,8,20H2,1-4H3,(H,23,24)/t10?,14?,17-/m0/s1. The lowest BCUT2D eigenvalue weighted by Crippen LogP contribution is -2.38. The van der Waals surface area contributed by atoms with Crippen molar-refractivity contribution in [3.8, 4) is 11.5 Å². The van der Waals surface area contributed by atoms with Crippen molar-refractivity contribution in [1.82, 2.24) is 0 Å². The number of esters is 2. The third-order valence-corrected chi connectivity index (χ3v) is 3.77. The summed E-state index contributed by atoms with van der Waals surface area (Å²) in [6, 6.07) is 2.89. The molecule has 1 aromatic carbocycles. The van der Waals surface area contributed by atoms with Crippen LogP contribution in [0.3, 0.4) is 0 Å². The summed E-state index contributed by atoms with van der Waals surface area (Å²) in [5.41, 5.74) is 6.23. The normalized spacial score (nSPS) is 13.6. The third kappa shape index (κ3) is 7.78. The van der Waals surface area contributed by atoms with Crippen LogP contribution in [0.4, 0.5) is 4.79 Å². The fraction of sp³-hybridized carbons (Fsp3) is 0.474. The van der Waals surface area contributed by atoms with Crippen LogP contribution in [-0.2, 0) is 23.9 Å². The lowest BCUT2D eigenvalue weighted by atomic mass is 9.87. The number of nitrogens with two attached hydrogens (primary N) is 1. The molecule has 0 aliphatic heterocycles. The number of benzene rings is 1. The molecule has 0 radical (unpaired) electrons. The van der Waals surface area contributed by atoms with Gasteiger partial charge >= 0.3 is 24.1 Å². The molecule has 0 heterocycles. The second-order valence-corrected chi connectivity index (χ2v) is 6.21. The largest absolute Gasteiger partial charge is 0.508 e. The van der Waals surface area contributed by atoms with Crippen molar-refractivity contribution < 1.29 is 43.2 Å². The Hall–Kier alpha value is -3.14. The van der Waals surface area contributed by atoms with Gasteiger partial charge in [0, 0.05) is 19.8 Å². The van der Waals surface area contributed by atoms with Gasteiger partial charge in [-0.15, -0.1) is 0 Å². The van der Waals surface area contributed by atoms with Crippen LogP contribution in [-0.4, -0.2) is 47.9 Å². The van der Waals surface area contributed by atoms with Gasteiger partial charge in [-0.1, -0.05) is 6.07 Å². The van der Waals surface area contributed by atoms with E-state index >= 15 is 0 Å². The molecule has 0 aliphatic carbocycles. The molecule has 0 saturated carbocycles. The van der Waals surface area contributed by atoms with Crippen LogP contribution in [0, 0.1) is 0 Å². The molecule has 10 heteroatoms. The molecular weight excluding hydrogens is 386 g/mol. The zero-order valence-electron chi connectivity index (χ0n) is 16.7. The zero-order valence-corrected chi connectivity index (χ0v) is 16.7. The van der Waals surface area contributed by atoms with Gasteiger partial charge < -0.3 is 29.8 Å². The molecule has 0 amide bonds. The first kappa shape index (κ1) is 23.9. The molecule has 2 unspecified atom stereocenters. The van der Waals surface area contributed by atoms with Crippen molar-refractivity contribution >= 4 is 24.1 Å². The second-order valence-electron chi connectivity index (χ2n) is 6.21. The van der Waals surface area contributed by atoms with Gasteiger partial charge in [-0.05, 0) is 38.0 Å². The van der Waals surface area contributed by atoms with Crippen LogP contribution >= 0.6 is 0 Å². The number of hydrogen-bond donors (Lipinski definition) is 2. The fourth-order valence-electron chi connectivity index (χ4n) is 2.61. The number of carbonyl (C=O) groups excluding carboxylic acids is 3. The maximum atomic E-state index is 11.5. The zero-order chi connectivity index (χ0) is 22.1. The highest BCUT2D eigenvalue weighted by molar-refractivity contribution is 5.76. The van der Waals surface area contributed by atoms with Crippen molar-refractivity contribution in [3.05, 3.63) is 23.8 Å². The Morgan fingerprint density at radius 2 is 1.66 bits per heavy atom. The summed E-state index contributed by atoms with van der Waals surface area (Å²) < 4.78 is 19.9. The lowest BCUT2D eigenvalue weighted by molar-refractivity contribution is -0.139. The van der Waals surface area contributed by atoms with E-state index in [1.807, 2.05) is 0 Å². The SMILES string of the molecule is CCOC(=O)OC(C)CC(c1ccc(OC(C)=O)c(OC(C)=O)c1)[C@H](N)C(=O)O. The molecular formula is C19H25NO9. The van der Waals surface area contributed by atoms with Gasteiger partial charge in [-0.25, -0.2) is 4.79 Å². The fourth-order valence-corrected chi connectivity index (χ4v) is 2.61. The Balaban J connectivity index is 3.23. The first-order chi connectivity index (χ1) is 13.5. The van der Waals surface area contributed by atoms with Crippen molar-refractivity contribution in [2.45, 2.75) is 52.2 Å². The van der Waals surface area contributed by atoms with Gasteiger partial charge in [0.1, 0.15) is 12.1 Å². The molecule has 3 N–H and O–H groups in total. The van der Waals surface area contributed by atoms with Gasteiger partial charge in [0.15, 0.2) is 11.5 Å². The summed E-state index contributed by atoms with van der Waals surface area (Å²) in [7, 11) is 0. The lowest BCUT2D eigenvalue weighted by Gasteiger charge is -2.25. The average molecular weight is 411 g/mol. The van der Waals surface area contributed by atoms with Gasteiger partial charge in [0.2, 0.25) is 0 Å². The average Bonchev–Trinajstić information content (AvgIpc) is 2.59. The summed E-state index contributed by atoms with van der Waals surface area (Å²) in [5.74, 6) is -3.43. The molecule has 160 valence electrons. The van der Waals surface area contributed by atoms with E-state index in [0.717, 1.165) is 0 Å². The number of ether oxygens (including phenoxy) is 4. The summed E-state index contributed by atoms with van der Waals surface area (Å²) in [6.07, 6.45) is -1.54. The van der Waals surface area contributed by atoms with Crippen LogP contribution in [0.15, 0.2) is 18.2 Å². The summed E-state index contributed by atoms with van der Waals surface area (Å²) >= 11 is 0. The number of carboxylic acid groups (broad SMARTS) is 1. The summed E-state index contributed by atoms with van der Waals surface area (Å²) in [4.78, 5) is 45.6. The highest BCUT2D eigenvalue weighted by Crippen LogP contribution is 2.34. The Morgan fingerprint density at radius 1 is 1.07 bits per heavy atom. The number of carboxylic acids is 1. The van der Waals surface area contributed by atoms with Crippen LogP contribution in [0.25, 0.3) is 0 Å². The molecule has 0 spiro atoms. The Morgan fingerprint density at radius 3 is 2.17 bits per heavy atom. The number of carbonyl (C=O) groups is 4. The third-order valence-electron chi connectivity index (χ3n) is 3.77. The molecule has 3 atom stereocenters. The van der Waals surface area contributed by atoms with Crippen molar-refractivity contribution in [3.63, 3.8) is 0 Å². The Bertz CT molecular complexity index is 762. The number of aliphatic carboxylic acids is 1. The Labute approximate surface area is 167 Å².